The molecule has 0 unspecified atom stereocenters. The predicted molar refractivity (Wildman–Crippen MR) is 91.4 cm³/mol. The predicted octanol–water partition coefficient (Wildman–Crippen LogP) is 3.29. The fraction of sp³-hybridized carbons (Fsp3) is 0.111. The number of nitrogens with one attached hydrogen (secondary N) is 1. The number of aliphatic imine (C=N–C) groups is 1. The van der Waals surface area contributed by atoms with Gasteiger partial charge < -0.3 is 14.8 Å². The van der Waals surface area contributed by atoms with Gasteiger partial charge in [0, 0.05) is 11.6 Å². The van der Waals surface area contributed by atoms with E-state index in [0.29, 0.717) is 33.6 Å². The third-order valence-corrected chi connectivity index (χ3v) is 4.13. The van der Waals surface area contributed by atoms with Crippen LogP contribution in [-0.4, -0.2) is 18.5 Å². The Morgan fingerprint density at radius 2 is 1.88 bits per heavy atom. The zero-order valence-corrected chi connectivity index (χ0v) is 13.6. The number of amides is 1. The third kappa shape index (κ3) is 2.63. The normalized spacial score (nSPS) is 17.2. The van der Waals surface area contributed by atoms with Crippen LogP contribution >= 0.6 is 11.6 Å². The van der Waals surface area contributed by atoms with Crippen molar-refractivity contribution in [3.05, 3.63) is 63.8 Å². The molecule has 2 aromatic rings. The first-order chi connectivity index (χ1) is 11.6. The number of benzene rings is 2. The van der Waals surface area contributed by atoms with Gasteiger partial charge in [-0.25, -0.2) is 4.99 Å². The van der Waals surface area contributed by atoms with Gasteiger partial charge in [0.05, 0.1) is 5.02 Å². The summed E-state index contributed by atoms with van der Waals surface area (Å²) in [7, 11) is 0. The van der Waals surface area contributed by atoms with Gasteiger partial charge in [-0.05, 0) is 24.6 Å². The molecule has 4 rings (SSSR count). The summed E-state index contributed by atoms with van der Waals surface area (Å²) in [6.07, 6.45) is 1.64. The highest BCUT2D eigenvalue weighted by Crippen LogP contribution is 2.37. The number of nitrogens with zero attached hydrogens (tertiary/aromatic N) is 1. The van der Waals surface area contributed by atoms with Gasteiger partial charge in [0.1, 0.15) is 11.5 Å². The Kier molecular flexibility index (Phi) is 3.50. The molecule has 24 heavy (non-hydrogen) atoms. The van der Waals surface area contributed by atoms with Crippen molar-refractivity contribution in [2.24, 2.45) is 4.99 Å². The van der Waals surface area contributed by atoms with E-state index in [-0.39, 0.29) is 12.7 Å². The number of rotatable bonds is 2. The summed E-state index contributed by atoms with van der Waals surface area (Å²) in [6.45, 7) is 2.17. The molecule has 0 radical (unpaired) electrons. The maximum atomic E-state index is 12.2. The molecule has 2 aromatic carbocycles. The monoisotopic (exact) mass is 340 g/mol. The molecule has 6 heteroatoms. The zero-order valence-electron chi connectivity index (χ0n) is 12.8. The van der Waals surface area contributed by atoms with E-state index in [9.17, 15) is 4.79 Å². The van der Waals surface area contributed by atoms with Gasteiger partial charge in [-0.3, -0.25) is 4.79 Å². The highest BCUT2D eigenvalue weighted by molar-refractivity contribution is 6.32. The standard InChI is InChI=1S/C18H13ClN2O3/c1-10-2-4-11(5-3-10)17-20-14(18(22)21-17)6-12-7-15-16(8-13(12)19)24-9-23-15/h2-8H,9H2,1H3,(H,20,21,22). The van der Waals surface area contributed by atoms with Crippen molar-refractivity contribution < 1.29 is 14.3 Å². The molecule has 2 aliphatic heterocycles. The van der Waals surface area contributed by atoms with Crippen molar-refractivity contribution in [2.75, 3.05) is 6.79 Å². The van der Waals surface area contributed by atoms with E-state index in [1.807, 2.05) is 31.2 Å². The number of aryl methyl sites for hydroxylation is 1. The Hall–Kier alpha value is -2.79. The van der Waals surface area contributed by atoms with Crippen LogP contribution in [0.25, 0.3) is 6.08 Å². The number of carbonyl (C=O) groups is 1. The molecule has 0 saturated carbocycles. The first kappa shape index (κ1) is 14.8. The SMILES string of the molecule is Cc1ccc(C2=NC(=Cc3cc4c(cc3Cl)OCO4)C(=O)N2)cc1. The molecular weight excluding hydrogens is 328 g/mol. The second-order valence-electron chi connectivity index (χ2n) is 5.54. The van der Waals surface area contributed by atoms with Crippen LogP contribution in [-0.2, 0) is 4.79 Å². The third-order valence-electron chi connectivity index (χ3n) is 3.81. The zero-order chi connectivity index (χ0) is 16.7. The van der Waals surface area contributed by atoms with Crippen LogP contribution in [0.3, 0.4) is 0 Å². The molecule has 5 nitrogen and oxygen atoms in total. The molecule has 0 fully saturated rings. The molecule has 0 aromatic heterocycles. The fourth-order valence-electron chi connectivity index (χ4n) is 2.51. The van der Waals surface area contributed by atoms with Crippen molar-refractivity contribution in [1.29, 1.82) is 0 Å². The van der Waals surface area contributed by atoms with Gasteiger partial charge in [-0.2, -0.15) is 0 Å². The van der Waals surface area contributed by atoms with Crippen molar-refractivity contribution in [3.63, 3.8) is 0 Å². The second kappa shape index (κ2) is 5.69. The quantitative estimate of drug-likeness (QED) is 0.853. The number of hydrogen-bond acceptors (Lipinski definition) is 4. The molecule has 0 atom stereocenters. The number of hydrogen-bond donors (Lipinski definition) is 1. The van der Waals surface area contributed by atoms with Crippen molar-refractivity contribution in [2.45, 2.75) is 6.92 Å². The molecule has 120 valence electrons. The number of halogens is 1. The summed E-state index contributed by atoms with van der Waals surface area (Å²) in [5, 5.41) is 3.25. The molecule has 0 aliphatic carbocycles. The minimum absolute atomic E-state index is 0.169. The molecule has 2 heterocycles. The van der Waals surface area contributed by atoms with Crippen molar-refractivity contribution in [3.8, 4) is 11.5 Å². The average Bonchev–Trinajstić information content (AvgIpc) is 3.15. The second-order valence-corrected chi connectivity index (χ2v) is 5.94. The Labute approximate surface area is 143 Å². The van der Waals surface area contributed by atoms with Crippen LogP contribution in [0.2, 0.25) is 5.02 Å². The lowest BCUT2D eigenvalue weighted by Gasteiger charge is -2.01. The fourth-order valence-corrected chi connectivity index (χ4v) is 2.72. The van der Waals surface area contributed by atoms with Gasteiger partial charge in [-0.1, -0.05) is 41.4 Å². The van der Waals surface area contributed by atoms with E-state index in [2.05, 4.69) is 10.3 Å². The largest absolute Gasteiger partial charge is 0.454 e. The Balaban J connectivity index is 1.70. The van der Waals surface area contributed by atoms with Gasteiger partial charge in [0.15, 0.2) is 11.5 Å². The minimum Gasteiger partial charge on any atom is -0.454 e. The van der Waals surface area contributed by atoms with Crippen LogP contribution in [0.15, 0.2) is 47.1 Å². The van der Waals surface area contributed by atoms with Crippen LogP contribution < -0.4 is 14.8 Å². The molecule has 1 N–H and O–H groups in total. The van der Waals surface area contributed by atoms with E-state index in [1.54, 1.807) is 18.2 Å². The van der Waals surface area contributed by atoms with Crippen LogP contribution in [0.4, 0.5) is 0 Å². The minimum atomic E-state index is -0.265. The van der Waals surface area contributed by atoms with Gasteiger partial charge in [-0.15, -0.1) is 0 Å². The van der Waals surface area contributed by atoms with E-state index in [1.165, 1.54) is 0 Å². The average molecular weight is 341 g/mol. The lowest BCUT2D eigenvalue weighted by atomic mass is 10.1. The van der Waals surface area contributed by atoms with Crippen molar-refractivity contribution >= 4 is 29.4 Å². The molecule has 1 amide bonds. The summed E-state index contributed by atoms with van der Waals surface area (Å²) < 4.78 is 10.6. The van der Waals surface area contributed by atoms with Gasteiger partial charge in [0.25, 0.3) is 5.91 Å². The molecular formula is C18H13ClN2O3. The lowest BCUT2D eigenvalue weighted by Crippen LogP contribution is -2.24. The van der Waals surface area contributed by atoms with Crippen LogP contribution in [0.5, 0.6) is 11.5 Å². The summed E-state index contributed by atoms with van der Waals surface area (Å²) >= 11 is 6.24. The highest BCUT2D eigenvalue weighted by Gasteiger charge is 2.22. The van der Waals surface area contributed by atoms with Crippen molar-refractivity contribution in [1.82, 2.24) is 5.32 Å². The molecule has 0 saturated heterocycles. The van der Waals surface area contributed by atoms with E-state index in [0.717, 1.165) is 11.1 Å². The molecule has 2 aliphatic rings. The van der Waals surface area contributed by atoms with E-state index < -0.39 is 0 Å². The van der Waals surface area contributed by atoms with Gasteiger partial charge in [0.2, 0.25) is 6.79 Å². The number of ether oxygens (including phenoxy) is 2. The maximum absolute atomic E-state index is 12.2. The topological polar surface area (TPSA) is 59.9 Å². The van der Waals surface area contributed by atoms with Crippen LogP contribution in [0, 0.1) is 6.92 Å². The lowest BCUT2D eigenvalue weighted by molar-refractivity contribution is -0.115. The molecule has 0 spiro atoms. The number of fused-ring (bicyclic) bond motifs is 1. The van der Waals surface area contributed by atoms with E-state index in [4.69, 9.17) is 21.1 Å². The van der Waals surface area contributed by atoms with Crippen LogP contribution in [0.1, 0.15) is 16.7 Å². The number of carbonyl (C=O) groups excluding carboxylic acids is 1. The Bertz CT molecular complexity index is 901. The molecule has 0 bridgehead atoms. The summed E-state index contributed by atoms with van der Waals surface area (Å²) in [6, 6.07) is 11.2. The summed E-state index contributed by atoms with van der Waals surface area (Å²) in [5.41, 5.74) is 2.95. The summed E-state index contributed by atoms with van der Waals surface area (Å²) in [4.78, 5) is 16.6. The van der Waals surface area contributed by atoms with Gasteiger partial charge >= 0.3 is 0 Å². The smallest absolute Gasteiger partial charge is 0.275 e. The Morgan fingerprint density at radius 3 is 2.62 bits per heavy atom. The maximum Gasteiger partial charge on any atom is 0.275 e. The van der Waals surface area contributed by atoms with E-state index >= 15 is 0 Å². The first-order valence-electron chi connectivity index (χ1n) is 7.38. The number of amidine groups is 1. The highest BCUT2D eigenvalue weighted by atomic mass is 35.5. The summed E-state index contributed by atoms with van der Waals surface area (Å²) in [5.74, 6) is 1.47. The first-order valence-corrected chi connectivity index (χ1v) is 7.76. The Morgan fingerprint density at radius 1 is 1.17 bits per heavy atom.